The van der Waals surface area contributed by atoms with Gasteiger partial charge in [-0.25, -0.2) is 19.2 Å². The van der Waals surface area contributed by atoms with Gasteiger partial charge in [0.2, 0.25) is 12.2 Å². The first-order valence-electron chi connectivity index (χ1n) is 20.0. The molecule has 11 heteroatoms. The Kier molecular flexibility index (Phi) is 15.8. The molecule has 4 aromatic carbocycles. The molecular weight excluding hydrogens is 735 g/mol. The maximum absolute atomic E-state index is 12.2. The lowest BCUT2D eigenvalue weighted by atomic mass is 9.86. The van der Waals surface area contributed by atoms with Gasteiger partial charge in [0.1, 0.15) is 0 Å². The Balaban J connectivity index is 0.000000222. The SMILES string of the molecule is CC1CCN(Cc2ccccc2)CC1N(C)[C@H]1CN(Cc2ccccc2)CC[C@H]1C.Cc1ccc(C(=O)O[C@@H](C(=O)O)[C@@H](OC(=O)c2ccc(C)cc2)C(=O)O)cc1. The number of likely N-dealkylation sites (N-methyl/N-ethyl adjacent to an activating group) is 1. The topological polar surface area (TPSA) is 137 Å². The van der Waals surface area contributed by atoms with Crippen molar-refractivity contribution in [1.29, 1.82) is 0 Å². The Morgan fingerprint density at radius 3 is 1.28 bits per heavy atom. The number of carbonyl (C=O) groups is 4. The predicted molar refractivity (Wildman–Crippen MR) is 222 cm³/mol. The van der Waals surface area contributed by atoms with Crippen molar-refractivity contribution >= 4 is 23.9 Å². The fraction of sp³-hybridized carbons (Fsp3) is 0.404. The molecule has 0 spiro atoms. The van der Waals surface area contributed by atoms with E-state index in [1.165, 1.54) is 74.4 Å². The zero-order valence-corrected chi connectivity index (χ0v) is 34.2. The summed E-state index contributed by atoms with van der Waals surface area (Å²) >= 11 is 0. The van der Waals surface area contributed by atoms with Crippen molar-refractivity contribution in [3.05, 3.63) is 143 Å². The summed E-state index contributed by atoms with van der Waals surface area (Å²) in [4.78, 5) is 55.4. The summed E-state index contributed by atoms with van der Waals surface area (Å²) in [5.74, 6) is -4.10. The minimum absolute atomic E-state index is 0.0332. The molecule has 2 aliphatic rings. The van der Waals surface area contributed by atoms with Crippen LogP contribution in [0.2, 0.25) is 0 Å². The van der Waals surface area contributed by atoms with Crippen LogP contribution in [-0.2, 0) is 32.2 Å². The van der Waals surface area contributed by atoms with Gasteiger partial charge in [-0.05, 0) is 94.1 Å². The van der Waals surface area contributed by atoms with Crippen LogP contribution < -0.4 is 0 Å². The summed E-state index contributed by atoms with van der Waals surface area (Å²) in [5.41, 5.74) is 4.67. The first-order chi connectivity index (χ1) is 27.8. The molecule has 2 heterocycles. The van der Waals surface area contributed by atoms with Crippen LogP contribution in [0.3, 0.4) is 0 Å². The number of hydrogen-bond donors (Lipinski definition) is 2. The molecule has 4 aromatic rings. The smallest absolute Gasteiger partial charge is 0.349 e. The molecule has 2 N–H and O–H groups in total. The van der Waals surface area contributed by atoms with E-state index in [9.17, 15) is 29.4 Å². The van der Waals surface area contributed by atoms with Crippen LogP contribution in [0.5, 0.6) is 0 Å². The largest absolute Gasteiger partial charge is 0.478 e. The lowest BCUT2D eigenvalue weighted by Gasteiger charge is -2.49. The van der Waals surface area contributed by atoms with E-state index >= 15 is 0 Å². The molecule has 0 bridgehead atoms. The Labute approximate surface area is 342 Å². The number of carboxylic acid groups (broad SMARTS) is 2. The third-order valence-electron chi connectivity index (χ3n) is 11.4. The van der Waals surface area contributed by atoms with Crippen molar-refractivity contribution in [2.24, 2.45) is 11.8 Å². The van der Waals surface area contributed by atoms with E-state index in [-0.39, 0.29) is 11.1 Å². The number of carbonyl (C=O) groups excluding carboxylic acids is 2. The summed E-state index contributed by atoms with van der Waals surface area (Å²) < 4.78 is 9.64. The van der Waals surface area contributed by atoms with Crippen LogP contribution in [0, 0.1) is 25.7 Å². The average molecular weight is 792 g/mol. The fourth-order valence-electron chi connectivity index (χ4n) is 7.73. The van der Waals surface area contributed by atoms with Crippen molar-refractivity contribution in [3.8, 4) is 0 Å². The van der Waals surface area contributed by atoms with Crippen LogP contribution in [0.15, 0.2) is 109 Å². The Morgan fingerprint density at radius 2 is 0.948 bits per heavy atom. The van der Waals surface area contributed by atoms with Gasteiger partial charge in [-0.15, -0.1) is 0 Å². The van der Waals surface area contributed by atoms with Gasteiger partial charge in [-0.1, -0.05) is 110 Å². The highest BCUT2D eigenvalue weighted by molar-refractivity contribution is 5.95. The second-order valence-corrected chi connectivity index (χ2v) is 15.8. The minimum Gasteiger partial charge on any atom is -0.478 e. The summed E-state index contributed by atoms with van der Waals surface area (Å²) in [5, 5.41) is 18.6. The van der Waals surface area contributed by atoms with Crippen molar-refractivity contribution in [1.82, 2.24) is 14.7 Å². The molecule has 0 aromatic heterocycles. The molecule has 6 atom stereocenters. The van der Waals surface area contributed by atoms with E-state index in [0.29, 0.717) is 12.1 Å². The standard InChI is InChI=1S/C27H39N3.C20H18O8/c1-22-14-16-29(18-24-10-6-4-7-11-24)20-26(22)28(3)27-21-30(17-15-23(27)2)19-25-12-8-5-9-13-25;1-11-3-7-13(8-4-11)19(25)27-15(17(21)22)16(18(23)24)28-20(26)14-9-5-12(2)6-10-14/h4-13,22-23,26-27H,14-21H2,1-3H3;3-10,15-16H,1-2H3,(H,21,22)(H,23,24)/t22-,23?,26+,27?;15-,16-/m11/s1. The summed E-state index contributed by atoms with van der Waals surface area (Å²) in [6, 6.07) is 35.3. The van der Waals surface area contributed by atoms with Crippen molar-refractivity contribution in [2.75, 3.05) is 33.2 Å². The molecule has 2 aliphatic heterocycles. The highest BCUT2D eigenvalue weighted by atomic mass is 16.6. The number of carboxylic acids is 2. The van der Waals surface area contributed by atoms with Gasteiger partial charge >= 0.3 is 23.9 Å². The number of hydrogen-bond acceptors (Lipinski definition) is 9. The maximum Gasteiger partial charge on any atom is 0.349 e. The predicted octanol–water partition coefficient (Wildman–Crippen LogP) is 6.96. The zero-order chi connectivity index (χ0) is 41.8. The quantitative estimate of drug-likeness (QED) is 0.136. The highest BCUT2D eigenvalue weighted by Crippen LogP contribution is 2.30. The van der Waals surface area contributed by atoms with Crippen LogP contribution >= 0.6 is 0 Å². The van der Waals surface area contributed by atoms with Crippen LogP contribution in [0.4, 0.5) is 0 Å². The first-order valence-corrected chi connectivity index (χ1v) is 20.0. The van der Waals surface area contributed by atoms with Gasteiger partial charge in [-0.2, -0.15) is 0 Å². The average Bonchev–Trinajstić information content (AvgIpc) is 3.21. The van der Waals surface area contributed by atoms with Gasteiger partial charge in [0.15, 0.2) is 0 Å². The molecule has 308 valence electrons. The monoisotopic (exact) mass is 791 g/mol. The number of piperidine rings is 2. The van der Waals surface area contributed by atoms with E-state index in [1.807, 2.05) is 0 Å². The lowest BCUT2D eigenvalue weighted by Crippen LogP contribution is -2.58. The molecule has 11 nitrogen and oxygen atoms in total. The van der Waals surface area contributed by atoms with Crippen molar-refractivity contribution < 1.29 is 38.9 Å². The molecule has 2 unspecified atom stereocenters. The molecule has 2 saturated heterocycles. The molecule has 58 heavy (non-hydrogen) atoms. The van der Waals surface area contributed by atoms with Gasteiger partial charge in [0, 0.05) is 38.3 Å². The van der Waals surface area contributed by atoms with Gasteiger partial charge in [0.05, 0.1) is 11.1 Å². The highest BCUT2D eigenvalue weighted by Gasteiger charge is 2.41. The fourth-order valence-corrected chi connectivity index (χ4v) is 7.73. The zero-order valence-electron chi connectivity index (χ0n) is 34.2. The van der Waals surface area contributed by atoms with E-state index < -0.39 is 36.1 Å². The first kappa shape index (κ1) is 43.8. The molecule has 6 rings (SSSR count). The molecule has 2 fully saturated rings. The molecule has 0 radical (unpaired) electrons. The molecule has 0 aliphatic carbocycles. The van der Waals surface area contributed by atoms with Crippen LogP contribution in [0.25, 0.3) is 0 Å². The molecule has 0 saturated carbocycles. The third-order valence-corrected chi connectivity index (χ3v) is 11.4. The second kappa shape index (κ2) is 20.9. The van der Waals surface area contributed by atoms with Crippen molar-refractivity contribution in [3.63, 3.8) is 0 Å². The molecular formula is C47H57N3O8. The normalized spacial score (nSPS) is 20.9. The number of aliphatic carboxylic acids is 2. The number of benzene rings is 4. The number of nitrogens with zero attached hydrogens (tertiary/aromatic N) is 3. The number of likely N-dealkylation sites (tertiary alicyclic amines) is 2. The lowest BCUT2D eigenvalue weighted by molar-refractivity contribution is -0.166. The Hall–Kier alpha value is -5.36. The summed E-state index contributed by atoms with van der Waals surface area (Å²) in [6.45, 7) is 15.5. The van der Waals surface area contributed by atoms with Gasteiger partial charge in [0.25, 0.3) is 0 Å². The van der Waals surface area contributed by atoms with E-state index in [1.54, 1.807) is 38.1 Å². The maximum atomic E-state index is 12.2. The van der Waals surface area contributed by atoms with E-state index in [4.69, 9.17) is 9.47 Å². The van der Waals surface area contributed by atoms with Gasteiger partial charge in [-0.3, -0.25) is 14.7 Å². The number of ether oxygens (including phenoxy) is 2. The molecule has 0 amide bonds. The van der Waals surface area contributed by atoms with Crippen LogP contribution in [-0.4, -0.2) is 106 Å². The Bertz CT molecular complexity index is 1800. The second-order valence-electron chi connectivity index (χ2n) is 15.8. The number of aryl methyl sites for hydroxylation is 2. The number of esters is 2. The third kappa shape index (κ3) is 12.3. The Morgan fingerprint density at radius 1 is 0.603 bits per heavy atom. The number of rotatable bonds is 13. The minimum atomic E-state index is -2.22. The van der Waals surface area contributed by atoms with Gasteiger partial charge < -0.3 is 19.7 Å². The summed E-state index contributed by atoms with van der Waals surface area (Å²) in [6.07, 6.45) is -1.84. The van der Waals surface area contributed by atoms with E-state index in [0.717, 1.165) is 36.1 Å². The van der Waals surface area contributed by atoms with Crippen LogP contribution in [0.1, 0.15) is 69.7 Å². The van der Waals surface area contributed by atoms with Crippen molar-refractivity contribution in [2.45, 2.75) is 77.9 Å². The van der Waals surface area contributed by atoms with E-state index in [2.05, 4.69) is 96.3 Å². The summed E-state index contributed by atoms with van der Waals surface area (Å²) in [7, 11) is 2.40.